The lowest BCUT2D eigenvalue weighted by Crippen LogP contribution is -2.50. The highest BCUT2D eigenvalue weighted by Crippen LogP contribution is 2.40. The molecule has 3 rings (SSSR count). The van der Waals surface area contributed by atoms with Crippen LogP contribution in [-0.2, 0) is 19.1 Å². The SMILES string of the molecule is COC(=O)CCC(=O)N1CC[C@]2(CCCN(CCC3CCCCC3)C2=O)C1. The molecule has 6 heteroatoms. The smallest absolute Gasteiger partial charge is 0.306 e. The number of hydrogen-bond donors (Lipinski definition) is 0. The minimum atomic E-state index is -0.383. The Morgan fingerprint density at radius 1 is 1.07 bits per heavy atom. The van der Waals surface area contributed by atoms with Crippen LogP contribution in [0.2, 0.25) is 0 Å². The molecule has 2 amide bonds. The van der Waals surface area contributed by atoms with E-state index in [1.54, 1.807) is 4.90 Å². The average Bonchev–Trinajstić information content (AvgIpc) is 3.13. The zero-order chi connectivity index (χ0) is 19.3. The molecule has 2 heterocycles. The second kappa shape index (κ2) is 9.07. The Kier molecular flexibility index (Phi) is 6.77. The van der Waals surface area contributed by atoms with Crippen LogP contribution >= 0.6 is 0 Å². The molecule has 2 saturated heterocycles. The Labute approximate surface area is 162 Å². The highest BCUT2D eigenvalue weighted by Gasteiger charge is 2.49. The lowest BCUT2D eigenvalue weighted by Gasteiger charge is -2.40. The Bertz CT molecular complexity index is 558. The third-order valence-corrected chi connectivity index (χ3v) is 6.83. The first-order valence-electron chi connectivity index (χ1n) is 10.7. The summed E-state index contributed by atoms with van der Waals surface area (Å²) >= 11 is 0. The number of carbonyl (C=O) groups is 3. The van der Waals surface area contributed by atoms with Crippen LogP contribution in [0.4, 0.5) is 0 Å². The van der Waals surface area contributed by atoms with Crippen molar-refractivity contribution < 1.29 is 19.1 Å². The van der Waals surface area contributed by atoms with Gasteiger partial charge in [0.1, 0.15) is 0 Å². The van der Waals surface area contributed by atoms with Gasteiger partial charge in [0, 0.05) is 32.6 Å². The second-order valence-corrected chi connectivity index (χ2v) is 8.61. The van der Waals surface area contributed by atoms with Crippen molar-refractivity contribution in [2.75, 3.05) is 33.3 Å². The van der Waals surface area contributed by atoms with Gasteiger partial charge in [-0.25, -0.2) is 0 Å². The quantitative estimate of drug-likeness (QED) is 0.667. The van der Waals surface area contributed by atoms with Crippen molar-refractivity contribution in [3.8, 4) is 0 Å². The monoisotopic (exact) mass is 378 g/mol. The molecule has 2 aliphatic heterocycles. The number of esters is 1. The first-order valence-corrected chi connectivity index (χ1v) is 10.7. The minimum absolute atomic E-state index is 0.0376. The molecular formula is C21H34N2O4. The molecule has 0 aromatic heterocycles. The van der Waals surface area contributed by atoms with Crippen molar-refractivity contribution in [1.29, 1.82) is 0 Å². The first-order chi connectivity index (χ1) is 13.0. The second-order valence-electron chi connectivity index (χ2n) is 8.61. The van der Waals surface area contributed by atoms with Crippen molar-refractivity contribution in [2.24, 2.45) is 11.3 Å². The highest BCUT2D eigenvalue weighted by atomic mass is 16.5. The first kappa shape index (κ1) is 20.2. The van der Waals surface area contributed by atoms with Gasteiger partial charge in [-0.05, 0) is 31.6 Å². The molecule has 1 aliphatic carbocycles. The molecule has 1 spiro atoms. The van der Waals surface area contributed by atoms with Crippen LogP contribution in [-0.4, -0.2) is 60.9 Å². The molecule has 1 saturated carbocycles. The van der Waals surface area contributed by atoms with Crippen molar-refractivity contribution in [2.45, 2.75) is 70.6 Å². The number of carbonyl (C=O) groups excluding carboxylic acids is 3. The van der Waals surface area contributed by atoms with Gasteiger partial charge in [-0.3, -0.25) is 14.4 Å². The van der Waals surface area contributed by atoms with Crippen LogP contribution in [0.1, 0.15) is 70.6 Å². The van der Waals surface area contributed by atoms with Crippen LogP contribution in [0.5, 0.6) is 0 Å². The molecule has 6 nitrogen and oxygen atoms in total. The van der Waals surface area contributed by atoms with E-state index in [1.165, 1.54) is 39.2 Å². The third-order valence-electron chi connectivity index (χ3n) is 6.83. The van der Waals surface area contributed by atoms with Gasteiger partial charge < -0.3 is 14.5 Å². The maximum atomic E-state index is 13.2. The molecule has 3 fully saturated rings. The summed E-state index contributed by atoms with van der Waals surface area (Å²) in [4.78, 5) is 40.7. The number of rotatable bonds is 6. The van der Waals surface area contributed by atoms with Crippen LogP contribution in [0.3, 0.4) is 0 Å². The van der Waals surface area contributed by atoms with Gasteiger partial charge >= 0.3 is 5.97 Å². The number of likely N-dealkylation sites (tertiary alicyclic amines) is 2. The van der Waals surface area contributed by atoms with Gasteiger partial charge in [0.05, 0.1) is 18.9 Å². The van der Waals surface area contributed by atoms with Crippen molar-refractivity contribution in [3.05, 3.63) is 0 Å². The lowest BCUT2D eigenvalue weighted by molar-refractivity contribution is -0.147. The molecule has 0 unspecified atom stereocenters. The Hall–Kier alpha value is -1.59. The summed E-state index contributed by atoms with van der Waals surface area (Å²) in [7, 11) is 1.33. The van der Waals surface area contributed by atoms with Crippen molar-refractivity contribution in [1.82, 2.24) is 9.80 Å². The summed E-state index contributed by atoms with van der Waals surface area (Å²) in [6.07, 6.45) is 10.7. The summed E-state index contributed by atoms with van der Waals surface area (Å²) in [5, 5.41) is 0. The minimum Gasteiger partial charge on any atom is -0.469 e. The van der Waals surface area contributed by atoms with Crippen molar-refractivity contribution >= 4 is 17.8 Å². The van der Waals surface area contributed by atoms with Gasteiger partial charge in [-0.1, -0.05) is 32.1 Å². The van der Waals surface area contributed by atoms with E-state index in [9.17, 15) is 14.4 Å². The van der Waals surface area contributed by atoms with Crippen molar-refractivity contribution in [3.63, 3.8) is 0 Å². The Balaban J connectivity index is 1.52. The highest BCUT2D eigenvalue weighted by molar-refractivity contribution is 5.87. The third kappa shape index (κ3) is 4.82. The van der Waals surface area contributed by atoms with E-state index in [2.05, 4.69) is 9.64 Å². The molecule has 0 N–H and O–H groups in total. The summed E-state index contributed by atoms with van der Waals surface area (Å²) in [5.74, 6) is 0.640. The van der Waals surface area contributed by atoms with Gasteiger partial charge in [-0.2, -0.15) is 0 Å². The summed E-state index contributed by atoms with van der Waals surface area (Å²) in [5.41, 5.74) is -0.383. The van der Waals surface area contributed by atoms with E-state index in [0.717, 1.165) is 44.7 Å². The maximum Gasteiger partial charge on any atom is 0.306 e. The number of nitrogens with zero attached hydrogens (tertiary/aromatic N) is 2. The largest absolute Gasteiger partial charge is 0.469 e. The zero-order valence-electron chi connectivity index (χ0n) is 16.7. The molecule has 1 atom stereocenters. The normalized spacial score (nSPS) is 26.6. The van der Waals surface area contributed by atoms with E-state index >= 15 is 0 Å². The Morgan fingerprint density at radius 3 is 2.59 bits per heavy atom. The van der Waals surface area contributed by atoms with Gasteiger partial charge in [0.2, 0.25) is 11.8 Å². The number of amides is 2. The summed E-state index contributed by atoms with van der Waals surface area (Å²) < 4.78 is 4.61. The average molecular weight is 379 g/mol. The predicted molar refractivity (Wildman–Crippen MR) is 102 cm³/mol. The summed E-state index contributed by atoms with van der Waals surface area (Å²) in [6, 6.07) is 0. The van der Waals surface area contributed by atoms with Gasteiger partial charge in [0.15, 0.2) is 0 Å². The molecule has 0 aromatic rings. The molecule has 0 radical (unpaired) electrons. The number of hydrogen-bond acceptors (Lipinski definition) is 4. The van der Waals surface area contributed by atoms with E-state index in [0.29, 0.717) is 13.1 Å². The summed E-state index contributed by atoms with van der Waals surface area (Å²) in [6.45, 7) is 2.89. The number of methoxy groups -OCH3 is 1. The number of ether oxygens (including phenoxy) is 1. The molecule has 3 aliphatic rings. The lowest BCUT2D eigenvalue weighted by atomic mass is 9.78. The van der Waals surface area contributed by atoms with Gasteiger partial charge in [-0.15, -0.1) is 0 Å². The molecular weight excluding hydrogens is 344 g/mol. The van der Waals surface area contributed by atoms with Crippen LogP contribution in [0.25, 0.3) is 0 Å². The molecule has 27 heavy (non-hydrogen) atoms. The fourth-order valence-corrected chi connectivity index (χ4v) is 5.11. The van der Waals surface area contributed by atoms with Crippen LogP contribution in [0.15, 0.2) is 0 Å². The molecule has 0 bridgehead atoms. The predicted octanol–water partition coefficient (Wildman–Crippen LogP) is 2.75. The van der Waals surface area contributed by atoms with Gasteiger partial charge in [0.25, 0.3) is 0 Å². The molecule has 152 valence electrons. The topological polar surface area (TPSA) is 66.9 Å². The van der Waals surface area contributed by atoms with E-state index in [-0.39, 0.29) is 36.0 Å². The standard InChI is InChI=1S/C21H34N2O4/c1-27-19(25)9-8-18(24)23-15-12-21(16-23)11-5-13-22(20(21)26)14-10-17-6-3-2-4-7-17/h17H,2-16H2,1H3/t21-/m1/s1. The van der Waals surface area contributed by atoms with E-state index in [1.807, 2.05) is 0 Å². The zero-order valence-corrected chi connectivity index (χ0v) is 16.7. The van der Waals surface area contributed by atoms with Crippen LogP contribution < -0.4 is 0 Å². The Morgan fingerprint density at radius 2 is 1.85 bits per heavy atom. The van der Waals surface area contributed by atoms with E-state index in [4.69, 9.17) is 0 Å². The van der Waals surface area contributed by atoms with Crippen LogP contribution in [0, 0.1) is 11.3 Å². The number of piperidine rings is 1. The fraction of sp³-hybridized carbons (Fsp3) is 0.857. The van der Waals surface area contributed by atoms with E-state index < -0.39 is 0 Å². The maximum absolute atomic E-state index is 13.2. The fourth-order valence-electron chi connectivity index (χ4n) is 5.11. The molecule has 0 aromatic carbocycles.